The zero-order valence-electron chi connectivity index (χ0n) is 10.2. The van der Waals surface area contributed by atoms with E-state index < -0.39 is 0 Å². The van der Waals surface area contributed by atoms with Gasteiger partial charge in [-0.15, -0.1) is 0 Å². The molecular formula is C13H18BrN3O. The van der Waals surface area contributed by atoms with E-state index in [9.17, 15) is 4.79 Å². The number of rotatable bonds is 3. The summed E-state index contributed by atoms with van der Waals surface area (Å²) in [6, 6.07) is 6.10. The van der Waals surface area contributed by atoms with Crippen LogP contribution in [0.3, 0.4) is 0 Å². The third-order valence-corrected chi connectivity index (χ3v) is 4.05. The lowest BCUT2D eigenvalue weighted by Crippen LogP contribution is -2.41. The van der Waals surface area contributed by atoms with E-state index in [1.54, 1.807) is 0 Å². The van der Waals surface area contributed by atoms with E-state index in [4.69, 9.17) is 11.5 Å². The summed E-state index contributed by atoms with van der Waals surface area (Å²) >= 11 is 3.57. The van der Waals surface area contributed by atoms with Gasteiger partial charge < -0.3 is 16.4 Å². The minimum atomic E-state index is -0.200. The fourth-order valence-electron chi connectivity index (χ4n) is 2.36. The Balaban J connectivity index is 2.18. The third-order valence-electron chi connectivity index (χ3n) is 3.41. The Bertz CT molecular complexity index is 450. The largest absolute Gasteiger partial charge is 0.370 e. The van der Waals surface area contributed by atoms with Gasteiger partial charge in [0.2, 0.25) is 5.91 Å². The smallest absolute Gasteiger partial charge is 0.222 e. The van der Waals surface area contributed by atoms with E-state index in [-0.39, 0.29) is 11.8 Å². The van der Waals surface area contributed by atoms with Crippen LogP contribution >= 0.6 is 15.9 Å². The van der Waals surface area contributed by atoms with Crippen LogP contribution in [-0.2, 0) is 11.3 Å². The molecule has 18 heavy (non-hydrogen) atoms. The molecule has 1 atom stereocenters. The first kappa shape index (κ1) is 13.4. The van der Waals surface area contributed by atoms with Crippen molar-refractivity contribution in [1.29, 1.82) is 0 Å². The summed E-state index contributed by atoms with van der Waals surface area (Å²) in [7, 11) is 0. The summed E-state index contributed by atoms with van der Waals surface area (Å²) in [5.41, 5.74) is 13.2. The summed E-state index contributed by atoms with van der Waals surface area (Å²) in [6.45, 7) is 2.20. The first-order chi connectivity index (χ1) is 8.61. The van der Waals surface area contributed by atoms with Gasteiger partial charge in [-0.1, -0.05) is 6.07 Å². The normalized spacial score (nSPS) is 19.9. The van der Waals surface area contributed by atoms with Crippen molar-refractivity contribution in [3.8, 4) is 0 Å². The summed E-state index contributed by atoms with van der Waals surface area (Å²) in [5.74, 6) is -0.241. The van der Waals surface area contributed by atoms with Gasteiger partial charge in [0.1, 0.15) is 0 Å². The van der Waals surface area contributed by atoms with Gasteiger partial charge in [0.25, 0.3) is 0 Å². The maximum absolute atomic E-state index is 11.3. The molecule has 1 aliphatic rings. The van der Waals surface area contributed by atoms with Crippen molar-refractivity contribution in [3.63, 3.8) is 0 Å². The van der Waals surface area contributed by atoms with Crippen LogP contribution in [0.25, 0.3) is 0 Å². The van der Waals surface area contributed by atoms with Gasteiger partial charge in [-0.2, -0.15) is 0 Å². The van der Waals surface area contributed by atoms with Gasteiger partial charge in [0, 0.05) is 24.1 Å². The number of hydrogen-bond donors (Lipinski definition) is 2. The number of benzene rings is 1. The molecule has 0 radical (unpaired) electrons. The molecule has 0 saturated carbocycles. The van der Waals surface area contributed by atoms with Crippen molar-refractivity contribution in [2.45, 2.75) is 19.4 Å². The topological polar surface area (TPSA) is 72.3 Å². The number of carbonyl (C=O) groups is 1. The first-order valence-corrected chi connectivity index (χ1v) is 6.94. The van der Waals surface area contributed by atoms with Gasteiger partial charge in [0.15, 0.2) is 0 Å². The molecule has 1 amide bonds. The van der Waals surface area contributed by atoms with Crippen LogP contribution in [0.2, 0.25) is 0 Å². The summed E-state index contributed by atoms with van der Waals surface area (Å²) in [6.07, 6.45) is 1.89. The highest BCUT2D eigenvalue weighted by Crippen LogP contribution is 2.30. The number of carbonyl (C=O) groups excluding carboxylic acids is 1. The molecule has 4 nitrogen and oxygen atoms in total. The van der Waals surface area contributed by atoms with Crippen LogP contribution in [-0.4, -0.2) is 19.0 Å². The highest BCUT2D eigenvalue weighted by Gasteiger charge is 2.24. The number of primary amides is 1. The Morgan fingerprint density at radius 1 is 1.50 bits per heavy atom. The molecule has 1 aromatic rings. The number of nitrogens with zero attached hydrogens (tertiary/aromatic N) is 1. The summed E-state index contributed by atoms with van der Waals surface area (Å²) < 4.78 is 1.02. The Labute approximate surface area is 115 Å². The molecule has 1 fully saturated rings. The van der Waals surface area contributed by atoms with Crippen LogP contribution < -0.4 is 16.4 Å². The quantitative estimate of drug-likeness (QED) is 0.890. The summed E-state index contributed by atoms with van der Waals surface area (Å²) in [4.78, 5) is 13.5. The van der Waals surface area contributed by atoms with E-state index in [1.807, 2.05) is 12.1 Å². The minimum absolute atomic E-state index is 0.0418. The molecule has 0 spiro atoms. The third kappa shape index (κ3) is 2.84. The van der Waals surface area contributed by atoms with Crippen molar-refractivity contribution in [2.75, 3.05) is 18.0 Å². The molecular weight excluding hydrogens is 294 g/mol. The Hall–Kier alpha value is -1.07. The second-order valence-corrected chi connectivity index (χ2v) is 5.53. The van der Waals surface area contributed by atoms with Crippen LogP contribution in [0.15, 0.2) is 22.7 Å². The molecule has 0 bridgehead atoms. The maximum Gasteiger partial charge on any atom is 0.222 e. The molecule has 1 saturated heterocycles. The van der Waals surface area contributed by atoms with Crippen LogP contribution in [0.5, 0.6) is 0 Å². The monoisotopic (exact) mass is 311 g/mol. The highest BCUT2D eigenvalue weighted by atomic mass is 79.9. The number of halogens is 1. The predicted octanol–water partition coefficient (Wildman–Crippen LogP) is 1.61. The molecule has 4 N–H and O–H groups in total. The van der Waals surface area contributed by atoms with Crippen LogP contribution in [0.1, 0.15) is 18.4 Å². The van der Waals surface area contributed by atoms with Crippen molar-refractivity contribution in [2.24, 2.45) is 17.4 Å². The average molecular weight is 312 g/mol. The second kappa shape index (κ2) is 5.71. The van der Waals surface area contributed by atoms with E-state index in [1.165, 1.54) is 0 Å². The van der Waals surface area contributed by atoms with E-state index >= 15 is 0 Å². The fourth-order valence-corrected chi connectivity index (χ4v) is 3.04. The second-order valence-electron chi connectivity index (χ2n) is 4.68. The molecule has 0 aromatic heterocycles. The standard InChI is InChI=1S/C13H18BrN3O/c14-11-6-9(7-15)3-4-12(11)17-5-1-2-10(8-17)13(16)18/h3-4,6,10H,1-2,5,7-8,15H2,(H2,16,18). The SMILES string of the molecule is NCc1ccc(N2CCCC(C(N)=O)C2)c(Br)c1. The highest BCUT2D eigenvalue weighted by molar-refractivity contribution is 9.10. The van der Waals surface area contributed by atoms with Gasteiger partial charge in [-0.05, 0) is 46.5 Å². The molecule has 2 rings (SSSR count). The Kier molecular flexibility index (Phi) is 4.24. The first-order valence-electron chi connectivity index (χ1n) is 6.14. The lowest BCUT2D eigenvalue weighted by molar-refractivity contribution is -0.122. The Morgan fingerprint density at radius 2 is 2.28 bits per heavy atom. The average Bonchev–Trinajstić information content (AvgIpc) is 2.38. The Morgan fingerprint density at radius 3 is 2.89 bits per heavy atom. The molecule has 1 unspecified atom stereocenters. The molecule has 1 heterocycles. The van der Waals surface area contributed by atoms with Crippen molar-refractivity contribution in [1.82, 2.24) is 0 Å². The molecule has 1 aliphatic heterocycles. The summed E-state index contributed by atoms with van der Waals surface area (Å²) in [5, 5.41) is 0. The lowest BCUT2D eigenvalue weighted by atomic mass is 9.97. The number of hydrogen-bond acceptors (Lipinski definition) is 3. The van der Waals surface area contributed by atoms with E-state index in [2.05, 4.69) is 26.9 Å². The van der Waals surface area contributed by atoms with E-state index in [0.717, 1.165) is 35.1 Å². The number of anilines is 1. The molecule has 5 heteroatoms. The zero-order chi connectivity index (χ0) is 13.1. The van der Waals surface area contributed by atoms with Gasteiger partial charge in [-0.25, -0.2) is 0 Å². The number of piperidine rings is 1. The van der Waals surface area contributed by atoms with Crippen molar-refractivity contribution in [3.05, 3.63) is 28.2 Å². The number of amides is 1. The number of nitrogens with two attached hydrogens (primary N) is 2. The lowest BCUT2D eigenvalue weighted by Gasteiger charge is -2.33. The van der Waals surface area contributed by atoms with Crippen molar-refractivity contribution < 1.29 is 4.79 Å². The maximum atomic E-state index is 11.3. The van der Waals surface area contributed by atoms with E-state index in [0.29, 0.717) is 13.1 Å². The van der Waals surface area contributed by atoms with Crippen molar-refractivity contribution >= 4 is 27.5 Å². The molecule has 1 aromatic carbocycles. The van der Waals surface area contributed by atoms with Gasteiger partial charge >= 0.3 is 0 Å². The van der Waals surface area contributed by atoms with Gasteiger partial charge in [0.05, 0.1) is 11.6 Å². The molecule has 98 valence electrons. The van der Waals surface area contributed by atoms with Crippen LogP contribution in [0.4, 0.5) is 5.69 Å². The van der Waals surface area contributed by atoms with Gasteiger partial charge in [-0.3, -0.25) is 4.79 Å². The zero-order valence-corrected chi connectivity index (χ0v) is 11.8. The predicted molar refractivity (Wildman–Crippen MR) is 76.2 cm³/mol. The fraction of sp³-hybridized carbons (Fsp3) is 0.462. The molecule has 0 aliphatic carbocycles. The van der Waals surface area contributed by atoms with Crippen LogP contribution in [0, 0.1) is 5.92 Å². The minimum Gasteiger partial charge on any atom is -0.370 e.